The molecule has 2 heterocycles. The highest BCUT2D eigenvalue weighted by molar-refractivity contribution is 5.34. The summed E-state index contributed by atoms with van der Waals surface area (Å²) < 4.78 is 5.63. The Labute approximate surface area is 103 Å². The third-order valence-electron chi connectivity index (χ3n) is 3.20. The molecule has 1 aromatic heterocycles. The summed E-state index contributed by atoms with van der Waals surface area (Å²) in [7, 11) is 1.88. The summed E-state index contributed by atoms with van der Waals surface area (Å²) in [5.41, 5.74) is 1.25. The van der Waals surface area contributed by atoms with E-state index in [1.165, 1.54) is 5.56 Å². The van der Waals surface area contributed by atoms with Crippen LogP contribution in [-0.2, 0) is 11.3 Å². The second kappa shape index (κ2) is 5.47. The first-order valence-corrected chi connectivity index (χ1v) is 6.17. The molecular weight excluding hydrogens is 214 g/mol. The van der Waals surface area contributed by atoms with Gasteiger partial charge in [-0.3, -0.25) is 4.90 Å². The number of morpholine rings is 1. The van der Waals surface area contributed by atoms with Crippen LogP contribution in [0.4, 0.5) is 5.82 Å². The molecule has 1 aliphatic rings. The van der Waals surface area contributed by atoms with Crippen molar-refractivity contribution in [3.8, 4) is 0 Å². The number of hydrogen-bond acceptors (Lipinski definition) is 4. The summed E-state index contributed by atoms with van der Waals surface area (Å²) in [5, 5.41) is 3.03. The normalized spacial score (nSPS) is 25.8. The highest BCUT2D eigenvalue weighted by Gasteiger charge is 2.23. The predicted molar refractivity (Wildman–Crippen MR) is 69.1 cm³/mol. The number of pyridine rings is 1. The van der Waals surface area contributed by atoms with Gasteiger partial charge in [0, 0.05) is 32.4 Å². The van der Waals surface area contributed by atoms with Gasteiger partial charge >= 0.3 is 0 Å². The molecule has 0 bridgehead atoms. The molecule has 0 amide bonds. The highest BCUT2D eigenvalue weighted by atomic mass is 16.5. The topological polar surface area (TPSA) is 37.4 Å². The van der Waals surface area contributed by atoms with Gasteiger partial charge < -0.3 is 10.1 Å². The molecule has 17 heavy (non-hydrogen) atoms. The zero-order valence-electron chi connectivity index (χ0n) is 10.8. The van der Waals surface area contributed by atoms with Crippen molar-refractivity contribution in [1.82, 2.24) is 9.88 Å². The van der Waals surface area contributed by atoms with Crippen molar-refractivity contribution in [3.63, 3.8) is 0 Å². The Bertz CT molecular complexity index is 352. The van der Waals surface area contributed by atoms with Crippen molar-refractivity contribution in [2.45, 2.75) is 32.5 Å². The number of rotatable bonds is 3. The van der Waals surface area contributed by atoms with E-state index in [1.54, 1.807) is 0 Å². The van der Waals surface area contributed by atoms with Crippen LogP contribution in [0.15, 0.2) is 18.3 Å². The molecule has 0 saturated carbocycles. The van der Waals surface area contributed by atoms with E-state index in [0.29, 0.717) is 12.1 Å². The van der Waals surface area contributed by atoms with E-state index >= 15 is 0 Å². The minimum absolute atomic E-state index is 0.329. The fourth-order valence-corrected chi connectivity index (χ4v) is 2.09. The van der Waals surface area contributed by atoms with Gasteiger partial charge in [0.1, 0.15) is 5.82 Å². The fourth-order valence-electron chi connectivity index (χ4n) is 2.09. The number of ether oxygens (including phenoxy) is 1. The summed E-state index contributed by atoms with van der Waals surface area (Å²) in [5.74, 6) is 0.914. The van der Waals surface area contributed by atoms with Crippen LogP contribution in [0.3, 0.4) is 0 Å². The monoisotopic (exact) mass is 235 g/mol. The Balaban J connectivity index is 1.98. The molecule has 1 fully saturated rings. The Morgan fingerprint density at radius 2 is 2.29 bits per heavy atom. The number of hydrogen-bond donors (Lipinski definition) is 1. The molecule has 1 aromatic rings. The van der Waals surface area contributed by atoms with Crippen molar-refractivity contribution < 1.29 is 4.74 Å². The number of nitrogens with zero attached hydrogens (tertiary/aromatic N) is 2. The first-order valence-electron chi connectivity index (χ1n) is 6.17. The largest absolute Gasteiger partial charge is 0.376 e. The van der Waals surface area contributed by atoms with Crippen LogP contribution in [0.25, 0.3) is 0 Å². The van der Waals surface area contributed by atoms with Gasteiger partial charge in [-0.1, -0.05) is 6.07 Å². The second-order valence-electron chi connectivity index (χ2n) is 4.72. The Hall–Kier alpha value is -1.13. The van der Waals surface area contributed by atoms with E-state index in [1.807, 2.05) is 19.3 Å². The lowest BCUT2D eigenvalue weighted by Gasteiger charge is -2.36. The van der Waals surface area contributed by atoms with Gasteiger partial charge in [0.05, 0.1) is 12.7 Å². The van der Waals surface area contributed by atoms with Crippen molar-refractivity contribution in [2.75, 3.05) is 25.5 Å². The van der Waals surface area contributed by atoms with Crippen molar-refractivity contribution >= 4 is 5.82 Å². The summed E-state index contributed by atoms with van der Waals surface area (Å²) >= 11 is 0. The van der Waals surface area contributed by atoms with Crippen LogP contribution in [0, 0.1) is 0 Å². The molecule has 0 spiro atoms. The third-order valence-corrected chi connectivity index (χ3v) is 3.20. The van der Waals surface area contributed by atoms with Gasteiger partial charge in [-0.2, -0.15) is 0 Å². The standard InChI is InChI=1S/C13H21N3O/c1-10-9-17-11(2)7-16(10)8-12-4-5-13(14-3)15-6-12/h4-6,10-11H,7-9H2,1-3H3,(H,14,15). The van der Waals surface area contributed by atoms with Crippen LogP contribution >= 0.6 is 0 Å². The first kappa shape index (κ1) is 12.3. The van der Waals surface area contributed by atoms with Crippen LogP contribution in [-0.4, -0.2) is 42.2 Å². The Morgan fingerprint density at radius 1 is 1.47 bits per heavy atom. The SMILES string of the molecule is CNc1ccc(CN2CC(C)OCC2C)cn1. The second-order valence-corrected chi connectivity index (χ2v) is 4.72. The van der Waals surface area contributed by atoms with Gasteiger partial charge in [-0.15, -0.1) is 0 Å². The van der Waals surface area contributed by atoms with Gasteiger partial charge in [0.2, 0.25) is 0 Å². The molecule has 1 aliphatic heterocycles. The van der Waals surface area contributed by atoms with E-state index in [2.05, 4.69) is 35.1 Å². The third kappa shape index (κ3) is 3.17. The zero-order valence-corrected chi connectivity index (χ0v) is 10.8. The highest BCUT2D eigenvalue weighted by Crippen LogP contribution is 2.15. The smallest absolute Gasteiger partial charge is 0.125 e. The van der Waals surface area contributed by atoms with Gasteiger partial charge in [-0.25, -0.2) is 4.98 Å². The van der Waals surface area contributed by atoms with E-state index in [0.717, 1.165) is 25.5 Å². The first-order chi connectivity index (χ1) is 8.19. The quantitative estimate of drug-likeness (QED) is 0.866. The molecule has 1 saturated heterocycles. The van der Waals surface area contributed by atoms with Crippen LogP contribution in [0.2, 0.25) is 0 Å². The van der Waals surface area contributed by atoms with E-state index in [-0.39, 0.29) is 0 Å². The van der Waals surface area contributed by atoms with Crippen LogP contribution in [0.1, 0.15) is 19.4 Å². The molecule has 94 valence electrons. The molecular formula is C13H21N3O. The average molecular weight is 235 g/mol. The Morgan fingerprint density at radius 3 is 2.94 bits per heavy atom. The molecule has 4 nitrogen and oxygen atoms in total. The van der Waals surface area contributed by atoms with Crippen molar-refractivity contribution in [3.05, 3.63) is 23.9 Å². The molecule has 4 heteroatoms. The van der Waals surface area contributed by atoms with Gasteiger partial charge in [-0.05, 0) is 25.5 Å². The van der Waals surface area contributed by atoms with Crippen LogP contribution < -0.4 is 5.32 Å². The van der Waals surface area contributed by atoms with Gasteiger partial charge in [0.15, 0.2) is 0 Å². The van der Waals surface area contributed by atoms with E-state index in [4.69, 9.17) is 4.74 Å². The molecule has 0 aromatic carbocycles. The fraction of sp³-hybridized carbons (Fsp3) is 0.615. The number of nitrogens with one attached hydrogen (secondary N) is 1. The molecule has 1 N–H and O–H groups in total. The lowest BCUT2D eigenvalue weighted by molar-refractivity contribution is -0.0526. The van der Waals surface area contributed by atoms with Crippen molar-refractivity contribution in [2.24, 2.45) is 0 Å². The molecule has 2 rings (SSSR count). The maximum atomic E-state index is 5.63. The Kier molecular flexibility index (Phi) is 3.97. The lowest BCUT2D eigenvalue weighted by atomic mass is 10.1. The molecule has 2 unspecified atom stereocenters. The summed E-state index contributed by atoms with van der Waals surface area (Å²) in [6.45, 7) is 7.10. The predicted octanol–water partition coefficient (Wildman–Crippen LogP) is 1.73. The van der Waals surface area contributed by atoms with Crippen molar-refractivity contribution in [1.29, 1.82) is 0 Å². The zero-order chi connectivity index (χ0) is 12.3. The minimum Gasteiger partial charge on any atom is -0.376 e. The number of anilines is 1. The van der Waals surface area contributed by atoms with E-state index in [9.17, 15) is 0 Å². The summed E-state index contributed by atoms with van der Waals surface area (Å²) in [6.07, 6.45) is 2.27. The van der Waals surface area contributed by atoms with E-state index < -0.39 is 0 Å². The molecule has 0 radical (unpaired) electrons. The van der Waals surface area contributed by atoms with Crippen LogP contribution in [0.5, 0.6) is 0 Å². The lowest BCUT2D eigenvalue weighted by Crippen LogP contribution is -2.46. The maximum absolute atomic E-state index is 5.63. The number of aromatic nitrogens is 1. The minimum atomic E-state index is 0.329. The molecule has 2 atom stereocenters. The maximum Gasteiger partial charge on any atom is 0.125 e. The summed E-state index contributed by atoms with van der Waals surface area (Å²) in [6, 6.07) is 4.63. The molecule has 0 aliphatic carbocycles. The average Bonchev–Trinajstić information content (AvgIpc) is 2.35. The summed E-state index contributed by atoms with van der Waals surface area (Å²) in [4.78, 5) is 6.79. The van der Waals surface area contributed by atoms with Gasteiger partial charge in [0.25, 0.3) is 0 Å².